The molecule has 1 aromatic carbocycles. The molecule has 0 fully saturated rings. The van der Waals surface area contributed by atoms with Gasteiger partial charge in [0.1, 0.15) is 10.8 Å². The molecule has 0 saturated carbocycles. The Bertz CT molecular complexity index is 462. The topological polar surface area (TPSA) is 33.1 Å². The third kappa shape index (κ3) is 2.18. The van der Waals surface area contributed by atoms with Crippen LogP contribution in [0.25, 0.3) is 10.6 Å². The van der Waals surface area contributed by atoms with E-state index in [4.69, 9.17) is 0 Å². The van der Waals surface area contributed by atoms with E-state index in [1.54, 1.807) is 23.5 Å². The van der Waals surface area contributed by atoms with Crippen molar-refractivity contribution in [3.05, 3.63) is 35.3 Å². The van der Waals surface area contributed by atoms with Gasteiger partial charge in [-0.1, -0.05) is 26.0 Å². The smallest absolute Gasteiger partial charge is 0.123 e. The number of phenols is 1. The second-order valence-electron chi connectivity index (χ2n) is 3.78. The van der Waals surface area contributed by atoms with Gasteiger partial charge < -0.3 is 5.11 Å². The van der Waals surface area contributed by atoms with Crippen molar-refractivity contribution in [1.29, 1.82) is 0 Å². The van der Waals surface area contributed by atoms with Gasteiger partial charge in [0.2, 0.25) is 0 Å². The summed E-state index contributed by atoms with van der Waals surface area (Å²) < 4.78 is 0. The zero-order chi connectivity index (χ0) is 10.8. The summed E-state index contributed by atoms with van der Waals surface area (Å²) in [6.07, 6.45) is 0. The van der Waals surface area contributed by atoms with Gasteiger partial charge in [-0.05, 0) is 18.1 Å². The van der Waals surface area contributed by atoms with Crippen molar-refractivity contribution in [3.8, 4) is 16.3 Å². The number of hydrogen-bond acceptors (Lipinski definition) is 3. The monoisotopic (exact) mass is 219 g/mol. The fourth-order valence-corrected chi connectivity index (χ4v) is 2.30. The first kappa shape index (κ1) is 10.2. The lowest BCUT2D eigenvalue weighted by Gasteiger charge is -1.98. The molecule has 0 radical (unpaired) electrons. The molecule has 2 aromatic rings. The number of benzene rings is 1. The maximum absolute atomic E-state index is 9.37. The van der Waals surface area contributed by atoms with Crippen molar-refractivity contribution in [2.45, 2.75) is 19.8 Å². The third-order valence-electron chi connectivity index (χ3n) is 2.21. The normalized spacial score (nSPS) is 10.9. The Kier molecular flexibility index (Phi) is 2.73. The van der Waals surface area contributed by atoms with Crippen molar-refractivity contribution in [2.24, 2.45) is 0 Å². The van der Waals surface area contributed by atoms with Crippen LogP contribution in [-0.4, -0.2) is 10.1 Å². The van der Waals surface area contributed by atoms with Gasteiger partial charge >= 0.3 is 0 Å². The average molecular weight is 219 g/mol. The summed E-state index contributed by atoms with van der Waals surface area (Å²) in [6.45, 7) is 4.25. The lowest BCUT2D eigenvalue weighted by Crippen LogP contribution is -1.86. The largest absolute Gasteiger partial charge is 0.508 e. The standard InChI is InChI=1S/C12H13NOS/c1-8(2)11-7-15-12(13-11)9-4-3-5-10(14)6-9/h3-8,14H,1-2H3. The van der Waals surface area contributed by atoms with Crippen LogP contribution in [0, 0.1) is 0 Å². The SMILES string of the molecule is CC(C)c1csc(-c2cccc(O)c2)n1. The van der Waals surface area contributed by atoms with Crippen LogP contribution in [0.2, 0.25) is 0 Å². The molecule has 1 heterocycles. The molecule has 2 rings (SSSR count). The molecule has 0 atom stereocenters. The quantitative estimate of drug-likeness (QED) is 0.836. The van der Waals surface area contributed by atoms with E-state index in [0.717, 1.165) is 16.3 Å². The third-order valence-corrected chi connectivity index (χ3v) is 3.12. The predicted molar refractivity (Wildman–Crippen MR) is 63.3 cm³/mol. The molecule has 0 amide bonds. The van der Waals surface area contributed by atoms with E-state index in [9.17, 15) is 5.11 Å². The number of thiazole rings is 1. The minimum Gasteiger partial charge on any atom is -0.508 e. The molecule has 0 aliphatic heterocycles. The summed E-state index contributed by atoms with van der Waals surface area (Å²) in [6, 6.07) is 7.20. The van der Waals surface area contributed by atoms with E-state index >= 15 is 0 Å². The number of aromatic hydroxyl groups is 1. The Morgan fingerprint density at radius 3 is 2.73 bits per heavy atom. The molecule has 0 aliphatic rings. The van der Waals surface area contributed by atoms with E-state index in [1.807, 2.05) is 12.1 Å². The molecule has 0 spiro atoms. The summed E-state index contributed by atoms with van der Waals surface area (Å²) in [5.41, 5.74) is 2.09. The molecule has 2 nitrogen and oxygen atoms in total. The predicted octanol–water partition coefficient (Wildman–Crippen LogP) is 3.64. The highest BCUT2D eigenvalue weighted by atomic mass is 32.1. The van der Waals surface area contributed by atoms with Crippen LogP contribution >= 0.6 is 11.3 Å². The summed E-state index contributed by atoms with van der Waals surface area (Å²) in [5, 5.41) is 12.4. The Hall–Kier alpha value is -1.35. The van der Waals surface area contributed by atoms with Gasteiger partial charge in [-0.2, -0.15) is 0 Å². The molecule has 1 aromatic heterocycles. The van der Waals surface area contributed by atoms with Gasteiger partial charge in [-0.15, -0.1) is 11.3 Å². The molecule has 0 saturated heterocycles. The van der Waals surface area contributed by atoms with E-state index in [0.29, 0.717) is 5.92 Å². The van der Waals surface area contributed by atoms with Crippen LogP contribution in [0.5, 0.6) is 5.75 Å². The fourth-order valence-electron chi connectivity index (χ4n) is 1.32. The Morgan fingerprint density at radius 2 is 2.13 bits per heavy atom. The molecule has 3 heteroatoms. The van der Waals surface area contributed by atoms with Crippen molar-refractivity contribution in [3.63, 3.8) is 0 Å². The Labute approximate surface area is 93.2 Å². The summed E-state index contributed by atoms with van der Waals surface area (Å²) in [7, 11) is 0. The van der Waals surface area contributed by atoms with Crippen LogP contribution in [0.1, 0.15) is 25.5 Å². The van der Waals surface area contributed by atoms with Crippen LogP contribution in [-0.2, 0) is 0 Å². The second kappa shape index (κ2) is 4.03. The van der Waals surface area contributed by atoms with Crippen molar-refractivity contribution < 1.29 is 5.11 Å². The van der Waals surface area contributed by atoms with Gasteiger partial charge in [0, 0.05) is 10.9 Å². The summed E-state index contributed by atoms with van der Waals surface area (Å²) in [5.74, 6) is 0.737. The Morgan fingerprint density at radius 1 is 1.33 bits per heavy atom. The van der Waals surface area contributed by atoms with Gasteiger partial charge in [-0.3, -0.25) is 0 Å². The maximum Gasteiger partial charge on any atom is 0.123 e. The first-order valence-electron chi connectivity index (χ1n) is 4.91. The minimum atomic E-state index is 0.286. The van der Waals surface area contributed by atoms with Crippen LogP contribution < -0.4 is 0 Å². The molecule has 1 N–H and O–H groups in total. The number of aromatic nitrogens is 1. The summed E-state index contributed by atoms with van der Waals surface area (Å²) in [4.78, 5) is 4.53. The van der Waals surface area contributed by atoms with Gasteiger partial charge in [-0.25, -0.2) is 4.98 Å². The zero-order valence-corrected chi connectivity index (χ0v) is 9.58. The fraction of sp³-hybridized carbons (Fsp3) is 0.250. The molecule has 0 unspecified atom stereocenters. The molecular formula is C12H13NOS. The van der Waals surface area contributed by atoms with E-state index in [-0.39, 0.29) is 5.75 Å². The number of hydrogen-bond donors (Lipinski definition) is 1. The summed E-state index contributed by atoms with van der Waals surface area (Å²) >= 11 is 1.62. The minimum absolute atomic E-state index is 0.286. The highest BCUT2D eigenvalue weighted by molar-refractivity contribution is 7.13. The highest BCUT2D eigenvalue weighted by Crippen LogP contribution is 2.28. The van der Waals surface area contributed by atoms with Crippen LogP contribution in [0.15, 0.2) is 29.6 Å². The van der Waals surface area contributed by atoms with Gasteiger partial charge in [0.05, 0.1) is 5.69 Å². The van der Waals surface area contributed by atoms with Crippen molar-refractivity contribution in [1.82, 2.24) is 4.98 Å². The van der Waals surface area contributed by atoms with E-state index in [2.05, 4.69) is 24.2 Å². The van der Waals surface area contributed by atoms with Crippen molar-refractivity contribution >= 4 is 11.3 Å². The lowest BCUT2D eigenvalue weighted by atomic mass is 10.1. The zero-order valence-electron chi connectivity index (χ0n) is 8.77. The number of rotatable bonds is 2. The number of phenolic OH excluding ortho intramolecular Hbond substituents is 1. The number of nitrogens with zero attached hydrogens (tertiary/aromatic N) is 1. The highest BCUT2D eigenvalue weighted by Gasteiger charge is 2.07. The van der Waals surface area contributed by atoms with E-state index < -0.39 is 0 Å². The average Bonchev–Trinajstić information content (AvgIpc) is 2.66. The van der Waals surface area contributed by atoms with E-state index in [1.165, 1.54) is 0 Å². The first-order valence-corrected chi connectivity index (χ1v) is 5.79. The van der Waals surface area contributed by atoms with Crippen LogP contribution in [0.4, 0.5) is 0 Å². The maximum atomic E-state index is 9.37. The van der Waals surface area contributed by atoms with Gasteiger partial charge in [0.15, 0.2) is 0 Å². The Balaban J connectivity index is 2.37. The molecule has 15 heavy (non-hydrogen) atoms. The van der Waals surface area contributed by atoms with Gasteiger partial charge in [0.25, 0.3) is 0 Å². The van der Waals surface area contributed by atoms with Crippen LogP contribution in [0.3, 0.4) is 0 Å². The molecule has 78 valence electrons. The second-order valence-corrected chi connectivity index (χ2v) is 4.64. The molecule has 0 bridgehead atoms. The lowest BCUT2D eigenvalue weighted by molar-refractivity contribution is 0.475. The molecular weight excluding hydrogens is 206 g/mol. The molecule has 0 aliphatic carbocycles. The first-order chi connectivity index (χ1) is 7.16. The van der Waals surface area contributed by atoms with Crippen molar-refractivity contribution in [2.75, 3.05) is 0 Å².